The van der Waals surface area contributed by atoms with Gasteiger partial charge in [-0.3, -0.25) is 9.59 Å². The van der Waals surface area contributed by atoms with E-state index in [4.69, 9.17) is 10.5 Å². The monoisotopic (exact) mass is 355 g/mol. The Morgan fingerprint density at radius 1 is 0.962 bits per heavy atom. The minimum absolute atomic E-state index is 0.0359. The summed E-state index contributed by atoms with van der Waals surface area (Å²) in [6.45, 7) is 0.0789. The molecule has 0 aliphatic carbocycles. The Morgan fingerprint density at radius 3 is 2.19 bits per heavy atom. The Hall–Kier alpha value is -3.35. The quantitative estimate of drug-likeness (QED) is 0.674. The van der Waals surface area contributed by atoms with Crippen molar-refractivity contribution in [1.82, 2.24) is 5.32 Å². The number of amides is 3. The van der Waals surface area contributed by atoms with Crippen LogP contribution in [0.3, 0.4) is 0 Å². The molecule has 1 atom stereocenters. The van der Waals surface area contributed by atoms with E-state index >= 15 is 0 Å². The zero-order chi connectivity index (χ0) is 18.8. The SMILES string of the molecule is NC(=O)CC[C@H](NC(=O)OCc1ccccc1)C(=O)Nc1ccccc1. The standard InChI is InChI=1S/C19H21N3O4/c20-17(23)12-11-16(18(24)21-15-9-5-2-6-10-15)22-19(25)26-13-14-7-3-1-4-8-14/h1-10,16H,11-13H2,(H2,20,23)(H,21,24)(H,22,25)/t16-/m0/s1. The maximum Gasteiger partial charge on any atom is 0.408 e. The summed E-state index contributed by atoms with van der Waals surface area (Å²) in [7, 11) is 0. The normalized spacial score (nSPS) is 11.2. The molecule has 2 aromatic rings. The van der Waals surface area contributed by atoms with Gasteiger partial charge in [0.05, 0.1) is 0 Å². The van der Waals surface area contributed by atoms with Gasteiger partial charge in [-0.2, -0.15) is 0 Å². The summed E-state index contributed by atoms with van der Waals surface area (Å²) in [6, 6.07) is 17.0. The Kier molecular flexibility index (Phi) is 7.17. The molecule has 26 heavy (non-hydrogen) atoms. The smallest absolute Gasteiger partial charge is 0.408 e. The van der Waals surface area contributed by atoms with Gasteiger partial charge in [0.2, 0.25) is 11.8 Å². The van der Waals surface area contributed by atoms with Gasteiger partial charge in [-0.25, -0.2) is 4.79 Å². The van der Waals surface area contributed by atoms with E-state index < -0.39 is 23.9 Å². The van der Waals surface area contributed by atoms with E-state index in [2.05, 4.69) is 10.6 Å². The lowest BCUT2D eigenvalue weighted by Crippen LogP contribution is -2.44. The zero-order valence-electron chi connectivity index (χ0n) is 14.2. The Morgan fingerprint density at radius 2 is 1.58 bits per heavy atom. The first kappa shape index (κ1) is 19.0. The van der Waals surface area contributed by atoms with Gasteiger partial charge in [-0.05, 0) is 24.1 Å². The van der Waals surface area contributed by atoms with Crippen molar-refractivity contribution in [1.29, 1.82) is 0 Å². The molecule has 136 valence electrons. The number of hydrogen-bond acceptors (Lipinski definition) is 4. The molecule has 0 aromatic heterocycles. The molecule has 3 amide bonds. The van der Waals surface area contributed by atoms with Crippen molar-refractivity contribution >= 4 is 23.6 Å². The molecule has 0 saturated carbocycles. The Labute approximate surface area is 151 Å². The Bertz CT molecular complexity index is 735. The zero-order valence-corrected chi connectivity index (χ0v) is 14.2. The Balaban J connectivity index is 1.93. The van der Waals surface area contributed by atoms with Gasteiger partial charge in [-0.15, -0.1) is 0 Å². The number of ether oxygens (including phenoxy) is 1. The van der Waals surface area contributed by atoms with E-state index in [1.54, 1.807) is 24.3 Å². The molecule has 0 radical (unpaired) electrons. The molecule has 0 aliphatic heterocycles. The van der Waals surface area contributed by atoms with Crippen LogP contribution in [0.4, 0.5) is 10.5 Å². The molecule has 0 spiro atoms. The molecular weight excluding hydrogens is 334 g/mol. The minimum Gasteiger partial charge on any atom is -0.445 e. The maximum absolute atomic E-state index is 12.4. The average molecular weight is 355 g/mol. The van der Waals surface area contributed by atoms with Crippen molar-refractivity contribution in [3.05, 3.63) is 66.2 Å². The summed E-state index contributed by atoms with van der Waals surface area (Å²) in [5.74, 6) is -1.00. The summed E-state index contributed by atoms with van der Waals surface area (Å²) < 4.78 is 5.12. The van der Waals surface area contributed by atoms with Gasteiger partial charge in [0.25, 0.3) is 0 Å². The molecule has 4 N–H and O–H groups in total. The van der Waals surface area contributed by atoms with Gasteiger partial charge < -0.3 is 21.1 Å². The molecule has 2 aromatic carbocycles. The van der Waals surface area contributed by atoms with Crippen molar-refractivity contribution < 1.29 is 19.1 Å². The summed E-state index contributed by atoms with van der Waals surface area (Å²) in [4.78, 5) is 35.4. The van der Waals surface area contributed by atoms with Crippen LogP contribution in [0.1, 0.15) is 18.4 Å². The van der Waals surface area contributed by atoms with E-state index in [0.29, 0.717) is 5.69 Å². The van der Waals surface area contributed by atoms with Gasteiger partial charge >= 0.3 is 6.09 Å². The topological polar surface area (TPSA) is 111 Å². The van der Waals surface area contributed by atoms with Crippen LogP contribution in [0.2, 0.25) is 0 Å². The maximum atomic E-state index is 12.4. The molecule has 0 saturated heterocycles. The predicted molar refractivity (Wildman–Crippen MR) is 97.1 cm³/mol. The second-order valence-electron chi connectivity index (χ2n) is 5.62. The molecule has 0 heterocycles. The molecule has 2 rings (SSSR count). The number of nitrogens with two attached hydrogens (primary N) is 1. The van der Waals surface area contributed by atoms with E-state index in [1.165, 1.54) is 0 Å². The molecule has 7 heteroatoms. The van der Waals surface area contributed by atoms with E-state index in [0.717, 1.165) is 5.56 Å². The first-order chi connectivity index (χ1) is 12.5. The van der Waals surface area contributed by atoms with Crippen LogP contribution in [0.5, 0.6) is 0 Å². The minimum atomic E-state index is -0.939. The van der Waals surface area contributed by atoms with Crippen molar-refractivity contribution in [3.8, 4) is 0 Å². The fourth-order valence-electron chi connectivity index (χ4n) is 2.21. The van der Waals surface area contributed by atoms with E-state index in [-0.39, 0.29) is 19.4 Å². The fourth-order valence-corrected chi connectivity index (χ4v) is 2.21. The van der Waals surface area contributed by atoms with Crippen LogP contribution >= 0.6 is 0 Å². The first-order valence-corrected chi connectivity index (χ1v) is 8.16. The number of benzene rings is 2. The highest BCUT2D eigenvalue weighted by Crippen LogP contribution is 2.08. The van der Waals surface area contributed by atoms with Crippen LogP contribution in [0.15, 0.2) is 60.7 Å². The number of primary amides is 1. The van der Waals surface area contributed by atoms with Crippen LogP contribution < -0.4 is 16.4 Å². The van der Waals surface area contributed by atoms with Gasteiger partial charge in [0.15, 0.2) is 0 Å². The number of alkyl carbamates (subject to hydrolysis) is 1. The molecule has 7 nitrogen and oxygen atoms in total. The third-order valence-corrected chi connectivity index (χ3v) is 3.54. The lowest BCUT2D eigenvalue weighted by atomic mass is 10.1. The average Bonchev–Trinajstić information content (AvgIpc) is 2.65. The summed E-state index contributed by atoms with van der Waals surface area (Å²) in [6.07, 6.45) is -0.702. The number of rotatable bonds is 8. The second kappa shape index (κ2) is 9.83. The molecule has 0 fully saturated rings. The van der Waals surface area contributed by atoms with Crippen LogP contribution in [-0.4, -0.2) is 23.9 Å². The molecule has 0 aliphatic rings. The highest BCUT2D eigenvalue weighted by Gasteiger charge is 2.22. The summed E-state index contributed by atoms with van der Waals surface area (Å²) >= 11 is 0. The third kappa shape index (κ3) is 6.64. The van der Waals surface area contributed by atoms with Crippen LogP contribution in [0.25, 0.3) is 0 Å². The fraction of sp³-hybridized carbons (Fsp3) is 0.211. The lowest BCUT2D eigenvalue weighted by molar-refractivity contribution is -0.119. The van der Waals surface area contributed by atoms with Crippen molar-refractivity contribution in [2.45, 2.75) is 25.5 Å². The highest BCUT2D eigenvalue weighted by molar-refractivity contribution is 5.96. The second-order valence-corrected chi connectivity index (χ2v) is 5.62. The number of carbonyl (C=O) groups excluding carboxylic acids is 3. The van der Waals surface area contributed by atoms with Crippen molar-refractivity contribution in [2.75, 3.05) is 5.32 Å². The molecular formula is C19H21N3O4. The highest BCUT2D eigenvalue weighted by atomic mass is 16.5. The van der Waals surface area contributed by atoms with Crippen molar-refractivity contribution in [2.24, 2.45) is 5.73 Å². The van der Waals surface area contributed by atoms with Crippen LogP contribution in [-0.2, 0) is 20.9 Å². The summed E-state index contributed by atoms with van der Waals surface area (Å²) in [5, 5.41) is 5.17. The van der Waals surface area contributed by atoms with Crippen molar-refractivity contribution in [3.63, 3.8) is 0 Å². The molecule has 0 bridgehead atoms. The van der Waals surface area contributed by atoms with Crippen LogP contribution in [0, 0.1) is 0 Å². The van der Waals surface area contributed by atoms with E-state index in [1.807, 2.05) is 36.4 Å². The summed E-state index contributed by atoms with van der Waals surface area (Å²) in [5.41, 5.74) is 6.55. The predicted octanol–water partition coefficient (Wildman–Crippen LogP) is 2.19. The van der Waals surface area contributed by atoms with Gasteiger partial charge in [-0.1, -0.05) is 48.5 Å². The van der Waals surface area contributed by atoms with Gasteiger partial charge in [0.1, 0.15) is 12.6 Å². The number of para-hydroxylation sites is 1. The van der Waals surface area contributed by atoms with Gasteiger partial charge in [0, 0.05) is 12.1 Å². The third-order valence-electron chi connectivity index (χ3n) is 3.54. The number of anilines is 1. The first-order valence-electron chi connectivity index (χ1n) is 8.16. The van der Waals surface area contributed by atoms with E-state index in [9.17, 15) is 14.4 Å². The number of hydrogen-bond donors (Lipinski definition) is 3. The lowest BCUT2D eigenvalue weighted by Gasteiger charge is -2.18. The number of carbonyl (C=O) groups is 3. The molecule has 0 unspecified atom stereocenters. The number of nitrogens with one attached hydrogen (secondary N) is 2. The largest absolute Gasteiger partial charge is 0.445 e.